The molecule has 20 heavy (non-hydrogen) atoms. The molecule has 5 nitrogen and oxygen atoms in total. The maximum Gasteiger partial charge on any atom is 0.573 e. The lowest BCUT2D eigenvalue weighted by Gasteiger charge is -2.13. The van der Waals surface area contributed by atoms with Gasteiger partial charge in [0.2, 0.25) is 5.88 Å². The summed E-state index contributed by atoms with van der Waals surface area (Å²) in [6.07, 6.45) is -3.86. The molecule has 0 spiro atoms. The fourth-order valence-electron chi connectivity index (χ4n) is 1.29. The van der Waals surface area contributed by atoms with Crippen molar-refractivity contribution in [3.8, 4) is 17.4 Å². The Labute approximate surface area is 114 Å². The topological polar surface area (TPSA) is 64.2 Å². The summed E-state index contributed by atoms with van der Waals surface area (Å²) in [7, 11) is 0. The molecule has 0 unspecified atom stereocenters. The smallest absolute Gasteiger partial charge is 0.433 e. The van der Waals surface area contributed by atoms with Crippen molar-refractivity contribution in [1.29, 1.82) is 0 Å². The van der Waals surface area contributed by atoms with Crippen molar-refractivity contribution in [3.63, 3.8) is 0 Å². The Morgan fingerprint density at radius 2 is 1.85 bits per heavy atom. The molecular formula is C11H6ClF3N2O3. The average Bonchev–Trinajstić information content (AvgIpc) is 2.35. The molecule has 1 N–H and O–H groups in total. The lowest BCUT2D eigenvalue weighted by atomic mass is 10.3. The van der Waals surface area contributed by atoms with Crippen LogP contribution in [0.3, 0.4) is 0 Å². The van der Waals surface area contributed by atoms with Gasteiger partial charge < -0.3 is 14.5 Å². The number of H-pyrrole nitrogens is 1. The zero-order valence-corrected chi connectivity index (χ0v) is 10.3. The molecular weight excluding hydrogens is 301 g/mol. The van der Waals surface area contributed by atoms with Gasteiger partial charge in [-0.1, -0.05) is 23.7 Å². The van der Waals surface area contributed by atoms with Gasteiger partial charge in [-0.15, -0.1) is 13.2 Å². The monoisotopic (exact) mass is 306 g/mol. The number of hydrogen-bond acceptors (Lipinski definition) is 4. The predicted octanol–water partition coefficient (Wildman–Crippen LogP) is 3.11. The van der Waals surface area contributed by atoms with Crippen molar-refractivity contribution < 1.29 is 22.6 Å². The van der Waals surface area contributed by atoms with Crippen LogP contribution >= 0.6 is 11.6 Å². The number of halogens is 4. The summed E-state index contributed by atoms with van der Waals surface area (Å²) < 4.78 is 45.6. The molecule has 0 saturated heterocycles. The summed E-state index contributed by atoms with van der Waals surface area (Å²) in [5.74, 6) is -1.17. The van der Waals surface area contributed by atoms with E-state index in [1.165, 1.54) is 18.2 Å². The van der Waals surface area contributed by atoms with Crippen LogP contribution in [0.5, 0.6) is 17.4 Å². The molecule has 0 aliphatic rings. The first-order chi connectivity index (χ1) is 9.37. The summed E-state index contributed by atoms with van der Waals surface area (Å²) in [4.78, 5) is 17.0. The Morgan fingerprint density at radius 1 is 1.20 bits per heavy atom. The molecule has 1 aromatic carbocycles. The van der Waals surface area contributed by atoms with Crippen molar-refractivity contribution in [2.75, 3.05) is 0 Å². The maximum absolute atomic E-state index is 12.2. The van der Waals surface area contributed by atoms with Crippen LogP contribution in [0.2, 0.25) is 5.02 Å². The molecule has 2 rings (SSSR count). The molecule has 9 heteroatoms. The van der Waals surface area contributed by atoms with E-state index < -0.39 is 17.7 Å². The van der Waals surface area contributed by atoms with Gasteiger partial charge in [0.15, 0.2) is 16.5 Å². The molecule has 0 fully saturated rings. The number of rotatable bonds is 3. The SMILES string of the molecule is O=c1[nH]cnc(Oc2ccccc2OC(F)(F)F)c1Cl. The highest BCUT2D eigenvalue weighted by molar-refractivity contribution is 6.31. The molecule has 2 aromatic rings. The van der Waals surface area contributed by atoms with E-state index >= 15 is 0 Å². The number of aromatic amines is 1. The Morgan fingerprint density at radius 3 is 2.50 bits per heavy atom. The van der Waals surface area contributed by atoms with E-state index in [-0.39, 0.29) is 16.7 Å². The second-order valence-corrected chi connectivity index (χ2v) is 3.83. The third kappa shape index (κ3) is 3.41. The van der Waals surface area contributed by atoms with Crippen molar-refractivity contribution in [2.24, 2.45) is 0 Å². The number of aromatic nitrogens is 2. The third-order valence-corrected chi connectivity index (χ3v) is 2.38. The van der Waals surface area contributed by atoms with Crippen LogP contribution in [0, 0.1) is 0 Å². The average molecular weight is 307 g/mol. The number of alkyl halides is 3. The maximum atomic E-state index is 12.2. The first-order valence-corrected chi connectivity index (χ1v) is 5.50. The van der Waals surface area contributed by atoms with E-state index in [9.17, 15) is 18.0 Å². The molecule has 106 valence electrons. The lowest BCUT2D eigenvalue weighted by Crippen LogP contribution is -2.17. The normalized spacial score (nSPS) is 11.2. The standard InChI is InChI=1S/C11H6ClF3N2O3/c12-8-9(18)16-5-17-10(8)19-6-3-1-2-4-7(6)20-11(13,14)15/h1-5H,(H,16,17,18). The summed E-state index contributed by atoms with van der Waals surface area (Å²) in [6, 6.07) is 5.05. The molecule has 0 atom stereocenters. The van der Waals surface area contributed by atoms with E-state index in [4.69, 9.17) is 16.3 Å². The molecule has 0 aliphatic carbocycles. The van der Waals surface area contributed by atoms with Crippen LogP contribution in [0.25, 0.3) is 0 Å². The lowest BCUT2D eigenvalue weighted by molar-refractivity contribution is -0.275. The Balaban J connectivity index is 2.34. The summed E-state index contributed by atoms with van der Waals surface area (Å²) in [5, 5.41) is -0.380. The predicted molar refractivity (Wildman–Crippen MR) is 63.1 cm³/mol. The Hall–Kier alpha value is -2.22. The van der Waals surface area contributed by atoms with Crippen molar-refractivity contribution >= 4 is 11.6 Å². The van der Waals surface area contributed by atoms with Gasteiger partial charge in [-0.05, 0) is 12.1 Å². The minimum Gasteiger partial charge on any atom is -0.433 e. The summed E-state index contributed by atoms with van der Waals surface area (Å²) in [5.41, 5.74) is -0.675. The number of benzene rings is 1. The largest absolute Gasteiger partial charge is 0.573 e. The first-order valence-electron chi connectivity index (χ1n) is 5.12. The Kier molecular flexibility index (Phi) is 3.84. The molecule has 0 radical (unpaired) electrons. The fourth-order valence-corrected chi connectivity index (χ4v) is 1.43. The van der Waals surface area contributed by atoms with E-state index in [0.29, 0.717) is 0 Å². The molecule has 0 amide bonds. The number of para-hydroxylation sites is 2. The second kappa shape index (κ2) is 5.41. The van der Waals surface area contributed by atoms with E-state index in [1.54, 1.807) is 0 Å². The van der Waals surface area contributed by atoms with E-state index in [0.717, 1.165) is 12.4 Å². The van der Waals surface area contributed by atoms with Crippen LogP contribution in [-0.4, -0.2) is 16.3 Å². The molecule has 0 saturated carbocycles. The van der Waals surface area contributed by atoms with Crippen LogP contribution in [0.4, 0.5) is 13.2 Å². The molecule has 1 heterocycles. The highest BCUT2D eigenvalue weighted by Gasteiger charge is 2.32. The molecule has 0 aliphatic heterocycles. The van der Waals surface area contributed by atoms with E-state index in [1.807, 2.05) is 0 Å². The summed E-state index contributed by atoms with van der Waals surface area (Å²) in [6.45, 7) is 0. The van der Waals surface area contributed by atoms with Gasteiger partial charge in [0.25, 0.3) is 5.56 Å². The zero-order valence-electron chi connectivity index (χ0n) is 9.57. The number of hydrogen-bond donors (Lipinski definition) is 1. The van der Waals surface area contributed by atoms with Gasteiger partial charge in [-0.2, -0.15) is 0 Å². The van der Waals surface area contributed by atoms with Crippen molar-refractivity contribution in [1.82, 2.24) is 9.97 Å². The van der Waals surface area contributed by atoms with Crippen molar-refractivity contribution in [2.45, 2.75) is 6.36 Å². The van der Waals surface area contributed by atoms with Gasteiger partial charge in [0.1, 0.15) is 0 Å². The quantitative estimate of drug-likeness (QED) is 0.946. The fraction of sp³-hybridized carbons (Fsp3) is 0.0909. The van der Waals surface area contributed by atoms with Gasteiger partial charge in [0.05, 0.1) is 6.33 Å². The van der Waals surface area contributed by atoms with Crippen LogP contribution in [-0.2, 0) is 0 Å². The second-order valence-electron chi connectivity index (χ2n) is 3.45. The van der Waals surface area contributed by atoms with Crippen LogP contribution in [0.1, 0.15) is 0 Å². The van der Waals surface area contributed by atoms with Crippen LogP contribution < -0.4 is 15.0 Å². The number of nitrogens with zero attached hydrogens (tertiary/aromatic N) is 1. The number of nitrogens with one attached hydrogen (secondary N) is 1. The highest BCUT2D eigenvalue weighted by atomic mass is 35.5. The number of ether oxygens (including phenoxy) is 2. The van der Waals surface area contributed by atoms with Crippen LogP contribution in [0.15, 0.2) is 35.4 Å². The molecule has 0 bridgehead atoms. The van der Waals surface area contributed by atoms with Gasteiger partial charge in [-0.25, -0.2) is 4.98 Å². The minimum absolute atomic E-state index is 0.273. The highest BCUT2D eigenvalue weighted by Crippen LogP contribution is 2.35. The third-order valence-electron chi connectivity index (χ3n) is 2.05. The van der Waals surface area contributed by atoms with E-state index in [2.05, 4.69) is 14.7 Å². The zero-order chi connectivity index (χ0) is 14.8. The minimum atomic E-state index is -4.87. The summed E-state index contributed by atoms with van der Waals surface area (Å²) >= 11 is 5.63. The first kappa shape index (κ1) is 14.2. The molecule has 1 aromatic heterocycles. The van der Waals surface area contributed by atoms with Gasteiger partial charge in [0, 0.05) is 0 Å². The Bertz CT molecular complexity index is 672. The van der Waals surface area contributed by atoms with Crippen molar-refractivity contribution in [3.05, 3.63) is 46.0 Å². The van der Waals surface area contributed by atoms with Gasteiger partial charge >= 0.3 is 6.36 Å². The van der Waals surface area contributed by atoms with Gasteiger partial charge in [-0.3, -0.25) is 4.79 Å².